The van der Waals surface area contributed by atoms with E-state index in [4.69, 9.17) is 0 Å². The molecule has 1 heterocycles. The van der Waals surface area contributed by atoms with Crippen LogP contribution < -0.4 is 0 Å². The SMILES string of the molecule is CCC(C)c1ccc(S(=O)(=O)n2cnc3ccccc32)cc1. The van der Waals surface area contributed by atoms with Gasteiger partial charge in [0.05, 0.1) is 15.9 Å². The third-order valence-corrected chi connectivity index (χ3v) is 5.72. The van der Waals surface area contributed by atoms with E-state index in [9.17, 15) is 8.42 Å². The van der Waals surface area contributed by atoms with Crippen LogP contribution in [0.4, 0.5) is 0 Å². The fraction of sp³-hybridized carbons (Fsp3) is 0.235. The topological polar surface area (TPSA) is 52.0 Å². The fourth-order valence-electron chi connectivity index (χ4n) is 2.45. The number of rotatable bonds is 4. The Kier molecular flexibility index (Phi) is 3.74. The summed E-state index contributed by atoms with van der Waals surface area (Å²) in [4.78, 5) is 4.43. The first-order valence-corrected chi connectivity index (χ1v) is 8.75. The molecule has 0 fully saturated rings. The number of para-hydroxylation sites is 2. The van der Waals surface area contributed by atoms with Gasteiger partial charge in [0.15, 0.2) is 0 Å². The molecule has 3 aromatic rings. The highest BCUT2D eigenvalue weighted by Crippen LogP contribution is 2.23. The van der Waals surface area contributed by atoms with Gasteiger partial charge in [-0.2, -0.15) is 0 Å². The van der Waals surface area contributed by atoms with Crippen LogP contribution in [0, 0.1) is 0 Å². The van der Waals surface area contributed by atoms with Gasteiger partial charge in [0, 0.05) is 0 Å². The van der Waals surface area contributed by atoms with Crippen molar-refractivity contribution in [3.63, 3.8) is 0 Å². The van der Waals surface area contributed by atoms with Crippen LogP contribution in [-0.2, 0) is 10.0 Å². The molecule has 0 N–H and O–H groups in total. The molecule has 0 aliphatic heterocycles. The van der Waals surface area contributed by atoms with Crippen LogP contribution in [-0.4, -0.2) is 17.4 Å². The largest absolute Gasteiger partial charge is 0.269 e. The quantitative estimate of drug-likeness (QED) is 0.736. The summed E-state index contributed by atoms with van der Waals surface area (Å²) in [6, 6.07) is 14.3. The molecule has 0 saturated carbocycles. The fourth-order valence-corrected chi connectivity index (χ4v) is 3.74. The van der Waals surface area contributed by atoms with E-state index >= 15 is 0 Å². The van der Waals surface area contributed by atoms with E-state index < -0.39 is 10.0 Å². The predicted molar refractivity (Wildman–Crippen MR) is 87.5 cm³/mol. The Morgan fingerprint density at radius 2 is 1.77 bits per heavy atom. The zero-order valence-electron chi connectivity index (χ0n) is 12.6. The molecule has 22 heavy (non-hydrogen) atoms. The predicted octanol–water partition coefficient (Wildman–Crippen LogP) is 3.79. The van der Waals surface area contributed by atoms with Crippen molar-refractivity contribution in [1.29, 1.82) is 0 Å². The molecule has 1 unspecified atom stereocenters. The summed E-state index contributed by atoms with van der Waals surface area (Å²) in [5, 5.41) is 0. The van der Waals surface area contributed by atoms with Crippen molar-refractivity contribution in [1.82, 2.24) is 8.96 Å². The standard InChI is InChI=1S/C17H18N2O2S/c1-3-13(2)14-8-10-15(11-9-14)22(20,21)19-12-18-16-6-4-5-7-17(16)19/h4-13H,3H2,1-2H3. The minimum absolute atomic E-state index is 0.280. The monoisotopic (exact) mass is 314 g/mol. The van der Waals surface area contributed by atoms with E-state index in [1.807, 2.05) is 24.3 Å². The van der Waals surface area contributed by atoms with Crippen molar-refractivity contribution in [2.45, 2.75) is 31.1 Å². The maximum Gasteiger partial charge on any atom is 0.269 e. The van der Waals surface area contributed by atoms with E-state index in [2.05, 4.69) is 18.8 Å². The van der Waals surface area contributed by atoms with Crippen LogP contribution in [0.2, 0.25) is 0 Å². The van der Waals surface area contributed by atoms with Crippen LogP contribution in [0.25, 0.3) is 11.0 Å². The van der Waals surface area contributed by atoms with Gasteiger partial charge in [-0.05, 0) is 42.2 Å². The van der Waals surface area contributed by atoms with Crippen LogP contribution >= 0.6 is 0 Å². The van der Waals surface area contributed by atoms with Gasteiger partial charge in [-0.1, -0.05) is 38.1 Å². The number of fused-ring (bicyclic) bond motifs is 1. The minimum Gasteiger partial charge on any atom is -0.236 e. The average molecular weight is 314 g/mol. The molecule has 114 valence electrons. The number of imidazole rings is 1. The van der Waals surface area contributed by atoms with Crippen LogP contribution in [0.5, 0.6) is 0 Å². The maximum atomic E-state index is 12.8. The number of hydrogen-bond acceptors (Lipinski definition) is 3. The van der Waals surface area contributed by atoms with Gasteiger partial charge in [-0.25, -0.2) is 17.4 Å². The molecule has 0 bridgehead atoms. The van der Waals surface area contributed by atoms with Gasteiger partial charge in [0.25, 0.3) is 10.0 Å². The second-order valence-corrected chi connectivity index (χ2v) is 7.23. The minimum atomic E-state index is -3.62. The Morgan fingerprint density at radius 1 is 1.09 bits per heavy atom. The molecular weight excluding hydrogens is 296 g/mol. The third-order valence-electron chi connectivity index (χ3n) is 4.04. The number of nitrogens with zero attached hydrogens (tertiary/aromatic N) is 2. The Labute approximate surface area is 130 Å². The van der Waals surface area contributed by atoms with Gasteiger partial charge in [0.2, 0.25) is 0 Å². The summed E-state index contributed by atoms with van der Waals surface area (Å²) in [6.07, 6.45) is 2.39. The first kappa shape index (κ1) is 14.8. The molecule has 1 atom stereocenters. The van der Waals surface area contributed by atoms with Crippen molar-refractivity contribution in [2.75, 3.05) is 0 Å². The van der Waals surface area contributed by atoms with Crippen molar-refractivity contribution in [3.05, 3.63) is 60.4 Å². The smallest absolute Gasteiger partial charge is 0.236 e. The Morgan fingerprint density at radius 3 is 2.45 bits per heavy atom. The maximum absolute atomic E-state index is 12.8. The Bertz CT molecular complexity index is 896. The molecule has 1 aromatic heterocycles. The summed E-state index contributed by atoms with van der Waals surface area (Å²) >= 11 is 0. The normalized spacial score (nSPS) is 13.4. The van der Waals surface area contributed by atoms with E-state index in [-0.39, 0.29) is 4.90 Å². The second-order valence-electron chi connectivity index (χ2n) is 5.41. The third kappa shape index (κ3) is 2.41. The molecule has 0 aliphatic rings. The van der Waals surface area contributed by atoms with Gasteiger partial charge >= 0.3 is 0 Å². The second kappa shape index (κ2) is 5.57. The molecule has 0 amide bonds. The zero-order chi connectivity index (χ0) is 15.7. The van der Waals surface area contributed by atoms with Crippen molar-refractivity contribution in [3.8, 4) is 0 Å². The molecular formula is C17H18N2O2S. The highest BCUT2D eigenvalue weighted by atomic mass is 32.2. The number of hydrogen-bond donors (Lipinski definition) is 0. The van der Waals surface area contributed by atoms with Gasteiger partial charge in [-0.3, -0.25) is 0 Å². The molecule has 2 aromatic carbocycles. The van der Waals surface area contributed by atoms with E-state index in [0.717, 1.165) is 12.0 Å². The van der Waals surface area contributed by atoms with Gasteiger partial charge in [0.1, 0.15) is 6.33 Å². The summed E-state index contributed by atoms with van der Waals surface area (Å²) in [7, 11) is -3.62. The summed E-state index contributed by atoms with van der Waals surface area (Å²) in [5.74, 6) is 0.422. The van der Waals surface area contributed by atoms with Gasteiger partial charge < -0.3 is 0 Å². The molecule has 3 rings (SSSR count). The lowest BCUT2D eigenvalue weighted by molar-refractivity contribution is 0.588. The first-order chi connectivity index (χ1) is 10.5. The lowest BCUT2D eigenvalue weighted by Gasteiger charge is -2.11. The van der Waals surface area contributed by atoms with Crippen molar-refractivity contribution >= 4 is 21.1 Å². The van der Waals surface area contributed by atoms with E-state index in [1.54, 1.807) is 24.3 Å². The van der Waals surface area contributed by atoms with Crippen LogP contribution in [0.15, 0.2) is 59.8 Å². The molecule has 0 saturated heterocycles. The van der Waals surface area contributed by atoms with Gasteiger partial charge in [-0.15, -0.1) is 0 Å². The Hall–Kier alpha value is -2.14. The molecule has 5 heteroatoms. The molecule has 4 nitrogen and oxygen atoms in total. The average Bonchev–Trinajstić information content (AvgIpc) is 2.99. The molecule has 0 spiro atoms. The summed E-state index contributed by atoms with van der Waals surface area (Å²) in [6.45, 7) is 4.25. The lowest BCUT2D eigenvalue weighted by Crippen LogP contribution is -2.12. The first-order valence-electron chi connectivity index (χ1n) is 7.31. The number of aromatic nitrogens is 2. The van der Waals surface area contributed by atoms with Crippen LogP contribution in [0.3, 0.4) is 0 Å². The highest BCUT2D eigenvalue weighted by Gasteiger charge is 2.19. The van der Waals surface area contributed by atoms with E-state index in [1.165, 1.54) is 10.3 Å². The summed E-state index contributed by atoms with van der Waals surface area (Å²) < 4.78 is 26.8. The summed E-state index contributed by atoms with van der Waals surface area (Å²) in [5.41, 5.74) is 2.41. The van der Waals surface area contributed by atoms with Crippen molar-refractivity contribution in [2.24, 2.45) is 0 Å². The van der Waals surface area contributed by atoms with Crippen molar-refractivity contribution < 1.29 is 8.42 Å². The highest BCUT2D eigenvalue weighted by molar-refractivity contribution is 7.90. The van der Waals surface area contributed by atoms with E-state index in [0.29, 0.717) is 17.0 Å². The Balaban J connectivity index is 2.06. The lowest BCUT2D eigenvalue weighted by atomic mass is 9.99. The molecule has 0 aliphatic carbocycles. The van der Waals surface area contributed by atoms with Crippen LogP contribution in [0.1, 0.15) is 31.7 Å². The molecule has 0 radical (unpaired) electrons. The zero-order valence-corrected chi connectivity index (χ0v) is 13.4. The number of benzene rings is 2.